The number of aryl methyl sites for hydroxylation is 1. The summed E-state index contributed by atoms with van der Waals surface area (Å²) in [4.78, 5) is 13.8. The van der Waals surface area contributed by atoms with Crippen LogP contribution in [0.2, 0.25) is 0 Å². The average Bonchev–Trinajstić information content (AvgIpc) is 2.54. The number of halogens is 1. The standard InChI is InChI=1S/C16H19FN4O/c1-12-8-14(2-5-19-12)22-10-13-3-6-21(7-4-13)16-15(17)9-18-11-20-16/h2,5,8-9,11,13H,3-4,6-7,10H2,1H3. The molecule has 0 bridgehead atoms. The lowest BCUT2D eigenvalue weighted by molar-refractivity contribution is 0.222. The summed E-state index contributed by atoms with van der Waals surface area (Å²) in [5.41, 5.74) is 0.951. The first kappa shape index (κ1) is 14.7. The van der Waals surface area contributed by atoms with Crippen LogP contribution >= 0.6 is 0 Å². The highest BCUT2D eigenvalue weighted by Gasteiger charge is 2.22. The van der Waals surface area contributed by atoms with Gasteiger partial charge in [-0.2, -0.15) is 0 Å². The van der Waals surface area contributed by atoms with E-state index in [9.17, 15) is 4.39 Å². The molecular formula is C16H19FN4O. The second-order valence-corrected chi connectivity index (χ2v) is 5.57. The van der Waals surface area contributed by atoms with Crippen LogP contribution in [0, 0.1) is 18.7 Å². The van der Waals surface area contributed by atoms with E-state index in [1.807, 2.05) is 24.0 Å². The van der Waals surface area contributed by atoms with Crippen molar-refractivity contribution < 1.29 is 9.13 Å². The summed E-state index contributed by atoms with van der Waals surface area (Å²) in [6, 6.07) is 3.81. The van der Waals surface area contributed by atoms with Gasteiger partial charge in [-0.15, -0.1) is 0 Å². The summed E-state index contributed by atoms with van der Waals surface area (Å²) in [6.45, 7) is 4.21. The topological polar surface area (TPSA) is 51.1 Å². The predicted molar refractivity (Wildman–Crippen MR) is 81.4 cm³/mol. The van der Waals surface area contributed by atoms with Crippen LogP contribution in [-0.4, -0.2) is 34.6 Å². The molecule has 0 aromatic carbocycles. The summed E-state index contributed by atoms with van der Waals surface area (Å²) in [5, 5.41) is 0. The summed E-state index contributed by atoms with van der Waals surface area (Å²) in [6.07, 6.45) is 6.29. The number of aromatic nitrogens is 3. The first-order valence-electron chi connectivity index (χ1n) is 7.48. The Balaban J connectivity index is 1.51. The van der Waals surface area contributed by atoms with E-state index < -0.39 is 0 Å². The fourth-order valence-corrected chi connectivity index (χ4v) is 2.67. The lowest BCUT2D eigenvalue weighted by atomic mass is 9.98. The SMILES string of the molecule is Cc1cc(OCC2CCN(c3ncncc3F)CC2)ccn1. The number of nitrogens with zero attached hydrogens (tertiary/aromatic N) is 4. The lowest BCUT2D eigenvalue weighted by Crippen LogP contribution is -2.36. The van der Waals surface area contributed by atoms with E-state index in [0.29, 0.717) is 18.3 Å². The average molecular weight is 302 g/mol. The van der Waals surface area contributed by atoms with E-state index in [1.165, 1.54) is 12.5 Å². The summed E-state index contributed by atoms with van der Waals surface area (Å²) >= 11 is 0. The van der Waals surface area contributed by atoms with Gasteiger partial charge in [-0.25, -0.2) is 14.4 Å². The number of anilines is 1. The zero-order valence-corrected chi connectivity index (χ0v) is 12.6. The third-order valence-corrected chi connectivity index (χ3v) is 3.92. The molecule has 0 N–H and O–H groups in total. The van der Waals surface area contributed by atoms with Crippen molar-refractivity contribution in [2.45, 2.75) is 19.8 Å². The van der Waals surface area contributed by atoms with Crippen molar-refractivity contribution in [2.75, 3.05) is 24.6 Å². The van der Waals surface area contributed by atoms with Gasteiger partial charge in [0.1, 0.15) is 12.1 Å². The van der Waals surface area contributed by atoms with Gasteiger partial charge in [-0.1, -0.05) is 0 Å². The molecule has 2 aromatic rings. The minimum absolute atomic E-state index is 0.357. The molecule has 0 radical (unpaired) electrons. The highest BCUT2D eigenvalue weighted by Crippen LogP contribution is 2.24. The Hall–Kier alpha value is -2.24. The molecule has 3 heterocycles. The van der Waals surface area contributed by atoms with Gasteiger partial charge in [0.05, 0.1) is 12.8 Å². The summed E-state index contributed by atoms with van der Waals surface area (Å²) in [5.74, 6) is 1.38. The predicted octanol–water partition coefficient (Wildman–Crippen LogP) is 2.61. The monoisotopic (exact) mass is 302 g/mol. The van der Waals surface area contributed by atoms with Crippen LogP contribution in [0.1, 0.15) is 18.5 Å². The molecule has 0 spiro atoms. The molecule has 22 heavy (non-hydrogen) atoms. The van der Waals surface area contributed by atoms with Gasteiger partial charge in [0.2, 0.25) is 0 Å². The molecule has 0 amide bonds. The van der Waals surface area contributed by atoms with Crippen molar-refractivity contribution in [1.82, 2.24) is 15.0 Å². The third-order valence-electron chi connectivity index (χ3n) is 3.92. The largest absolute Gasteiger partial charge is 0.493 e. The van der Waals surface area contributed by atoms with Crippen molar-refractivity contribution in [3.63, 3.8) is 0 Å². The zero-order valence-electron chi connectivity index (χ0n) is 12.6. The molecule has 0 saturated carbocycles. The Morgan fingerprint density at radius 2 is 2.14 bits per heavy atom. The maximum atomic E-state index is 13.7. The number of hydrogen-bond donors (Lipinski definition) is 0. The van der Waals surface area contributed by atoms with Crippen LogP contribution in [0.15, 0.2) is 30.9 Å². The Morgan fingerprint density at radius 3 is 2.86 bits per heavy atom. The smallest absolute Gasteiger partial charge is 0.183 e. The molecule has 6 heteroatoms. The van der Waals surface area contributed by atoms with Gasteiger partial charge in [0.15, 0.2) is 11.6 Å². The van der Waals surface area contributed by atoms with Gasteiger partial charge in [0.25, 0.3) is 0 Å². The number of piperidine rings is 1. The zero-order chi connectivity index (χ0) is 15.4. The molecule has 1 aliphatic rings. The first-order valence-corrected chi connectivity index (χ1v) is 7.48. The normalized spacial score (nSPS) is 15.8. The second-order valence-electron chi connectivity index (χ2n) is 5.57. The summed E-state index contributed by atoms with van der Waals surface area (Å²) in [7, 11) is 0. The first-order chi connectivity index (χ1) is 10.7. The highest BCUT2D eigenvalue weighted by atomic mass is 19.1. The molecule has 1 saturated heterocycles. The van der Waals surface area contributed by atoms with E-state index in [0.717, 1.165) is 37.4 Å². The molecule has 5 nitrogen and oxygen atoms in total. The van der Waals surface area contributed by atoms with Gasteiger partial charge >= 0.3 is 0 Å². The van der Waals surface area contributed by atoms with E-state index in [2.05, 4.69) is 15.0 Å². The Labute approximate surface area is 129 Å². The molecular weight excluding hydrogens is 283 g/mol. The molecule has 0 unspecified atom stereocenters. The van der Waals surface area contributed by atoms with Gasteiger partial charge in [-0.05, 0) is 31.7 Å². The van der Waals surface area contributed by atoms with Crippen LogP contribution in [0.4, 0.5) is 10.2 Å². The number of pyridine rings is 1. The van der Waals surface area contributed by atoms with Crippen LogP contribution in [-0.2, 0) is 0 Å². The fourth-order valence-electron chi connectivity index (χ4n) is 2.67. The molecule has 116 valence electrons. The summed E-state index contributed by atoms with van der Waals surface area (Å²) < 4.78 is 19.5. The number of rotatable bonds is 4. The highest BCUT2D eigenvalue weighted by molar-refractivity contribution is 5.38. The Morgan fingerprint density at radius 1 is 1.32 bits per heavy atom. The van der Waals surface area contributed by atoms with Crippen molar-refractivity contribution >= 4 is 5.82 Å². The van der Waals surface area contributed by atoms with Crippen molar-refractivity contribution in [1.29, 1.82) is 0 Å². The van der Waals surface area contributed by atoms with E-state index in [4.69, 9.17) is 4.74 Å². The number of hydrogen-bond acceptors (Lipinski definition) is 5. The van der Waals surface area contributed by atoms with Gasteiger partial charge in [-0.3, -0.25) is 4.98 Å². The molecule has 1 aliphatic heterocycles. The molecule has 3 rings (SSSR count). The van der Waals surface area contributed by atoms with Crippen LogP contribution in [0.5, 0.6) is 5.75 Å². The molecule has 2 aromatic heterocycles. The van der Waals surface area contributed by atoms with E-state index in [1.54, 1.807) is 6.20 Å². The quantitative estimate of drug-likeness (QED) is 0.869. The van der Waals surface area contributed by atoms with Crippen LogP contribution in [0.3, 0.4) is 0 Å². The number of ether oxygens (including phenoxy) is 1. The van der Waals surface area contributed by atoms with Crippen LogP contribution in [0.25, 0.3) is 0 Å². The lowest BCUT2D eigenvalue weighted by Gasteiger charge is -2.32. The molecule has 0 atom stereocenters. The minimum Gasteiger partial charge on any atom is -0.493 e. The second kappa shape index (κ2) is 6.68. The van der Waals surface area contributed by atoms with Crippen molar-refractivity contribution in [3.05, 3.63) is 42.4 Å². The molecule has 0 aliphatic carbocycles. The van der Waals surface area contributed by atoms with Crippen molar-refractivity contribution in [3.8, 4) is 5.75 Å². The third kappa shape index (κ3) is 3.50. The maximum Gasteiger partial charge on any atom is 0.183 e. The Kier molecular flexibility index (Phi) is 4.46. The van der Waals surface area contributed by atoms with E-state index in [-0.39, 0.29) is 5.82 Å². The maximum absolute atomic E-state index is 13.7. The molecule has 1 fully saturated rings. The van der Waals surface area contributed by atoms with Crippen LogP contribution < -0.4 is 9.64 Å². The van der Waals surface area contributed by atoms with E-state index >= 15 is 0 Å². The minimum atomic E-state index is -0.357. The Bertz CT molecular complexity index is 629. The van der Waals surface area contributed by atoms with Gasteiger partial charge in [0, 0.05) is 31.0 Å². The fraction of sp³-hybridized carbons (Fsp3) is 0.438. The van der Waals surface area contributed by atoms with Gasteiger partial charge < -0.3 is 9.64 Å². The van der Waals surface area contributed by atoms with Crippen molar-refractivity contribution in [2.24, 2.45) is 5.92 Å².